The summed E-state index contributed by atoms with van der Waals surface area (Å²) in [5.41, 5.74) is 6.95. The Kier molecular flexibility index (Phi) is 4.71. The summed E-state index contributed by atoms with van der Waals surface area (Å²) in [7, 11) is 0. The number of carbonyl (C=O) groups excluding carboxylic acids is 1. The van der Waals surface area contributed by atoms with Crippen LogP contribution in [-0.4, -0.2) is 17.4 Å². The van der Waals surface area contributed by atoms with Crippen molar-refractivity contribution in [3.8, 4) is 0 Å². The fourth-order valence-electron chi connectivity index (χ4n) is 1.24. The molecule has 16 heavy (non-hydrogen) atoms. The molecule has 0 aromatic carbocycles. The SMILES string of the molecule is Cc1cnc(Cl)c(NC(=O)CC(C)CN)c1. The number of hydrogen-bond acceptors (Lipinski definition) is 3. The topological polar surface area (TPSA) is 68.0 Å². The average Bonchev–Trinajstić information content (AvgIpc) is 2.23. The summed E-state index contributed by atoms with van der Waals surface area (Å²) >= 11 is 5.86. The van der Waals surface area contributed by atoms with Crippen molar-refractivity contribution >= 4 is 23.2 Å². The van der Waals surface area contributed by atoms with E-state index in [1.54, 1.807) is 12.3 Å². The van der Waals surface area contributed by atoms with Gasteiger partial charge in [-0.15, -0.1) is 0 Å². The van der Waals surface area contributed by atoms with Gasteiger partial charge in [0.15, 0.2) is 5.15 Å². The molecule has 0 aliphatic carbocycles. The van der Waals surface area contributed by atoms with Crippen LogP contribution in [0.5, 0.6) is 0 Å². The van der Waals surface area contributed by atoms with Crippen molar-refractivity contribution in [2.24, 2.45) is 11.7 Å². The van der Waals surface area contributed by atoms with Crippen molar-refractivity contribution in [2.75, 3.05) is 11.9 Å². The van der Waals surface area contributed by atoms with Crippen LogP contribution in [0.25, 0.3) is 0 Å². The predicted molar refractivity (Wildman–Crippen MR) is 65.4 cm³/mol. The lowest BCUT2D eigenvalue weighted by molar-refractivity contribution is -0.116. The number of halogens is 1. The van der Waals surface area contributed by atoms with E-state index in [1.165, 1.54) is 0 Å². The first kappa shape index (κ1) is 12.9. The van der Waals surface area contributed by atoms with E-state index in [4.69, 9.17) is 17.3 Å². The minimum absolute atomic E-state index is 0.0905. The second kappa shape index (κ2) is 5.82. The maximum absolute atomic E-state index is 11.6. The van der Waals surface area contributed by atoms with E-state index in [9.17, 15) is 4.79 Å². The van der Waals surface area contributed by atoms with Crippen molar-refractivity contribution in [2.45, 2.75) is 20.3 Å². The molecule has 1 aromatic heterocycles. The van der Waals surface area contributed by atoms with Crippen LogP contribution in [0.15, 0.2) is 12.3 Å². The quantitative estimate of drug-likeness (QED) is 0.792. The van der Waals surface area contributed by atoms with Gasteiger partial charge in [-0.3, -0.25) is 4.79 Å². The van der Waals surface area contributed by atoms with Crippen LogP contribution in [0.4, 0.5) is 5.69 Å². The van der Waals surface area contributed by atoms with Crippen LogP contribution in [0.1, 0.15) is 18.9 Å². The second-order valence-corrected chi connectivity index (χ2v) is 4.30. The molecule has 88 valence electrons. The highest BCUT2D eigenvalue weighted by atomic mass is 35.5. The summed E-state index contributed by atoms with van der Waals surface area (Å²) in [4.78, 5) is 15.5. The zero-order valence-electron chi connectivity index (χ0n) is 9.46. The maximum Gasteiger partial charge on any atom is 0.224 e. The number of nitrogens with one attached hydrogen (secondary N) is 1. The Hall–Kier alpha value is -1.13. The Morgan fingerprint density at radius 3 is 3.00 bits per heavy atom. The largest absolute Gasteiger partial charge is 0.330 e. The molecule has 0 aliphatic heterocycles. The first-order valence-corrected chi connectivity index (χ1v) is 5.52. The highest BCUT2D eigenvalue weighted by molar-refractivity contribution is 6.32. The van der Waals surface area contributed by atoms with Crippen LogP contribution in [0.2, 0.25) is 5.15 Å². The van der Waals surface area contributed by atoms with Gasteiger partial charge >= 0.3 is 0 Å². The van der Waals surface area contributed by atoms with Gasteiger partial charge in [-0.1, -0.05) is 18.5 Å². The second-order valence-electron chi connectivity index (χ2n) is 3.94. The fourth-order valence-corrected chi connectivity index (χ4v) is 1.39. The summed E-state index contributed by atoms with van der Waals surface area (Å²) in [5.74, 6) is 0.0730. The third kappa shape index (κ3) is 3.79. The van der Waals surface area contributed by atoms with Gasteiger partial charge in [0.2, 0.25) is 5.91 Å². The van der Waals surface area contributed by atoms with E-state index in [1.807, 2.05) is 13.8 Å². The molecule has 5 heteroatoms. The summed E-state index contributed by atoms with van der Waals surface area (Å²) in [6.07, 6.45) is 2.04. The zero-order chi connectivity index (χ0) is 12.1. The molecule has 4 nitrogen and oxygen atoms in total. The molecule has 3 N–H and O–H groups in total. The van der Waals surface area contributed by atoms with Gasteiger partial charge in [0, 0.05) is 12.6 Å². The molecule has 1 rings (SSSR count). The lowest BCUT2D eigenvalue weighted by Crippen LogP contribution is -2.20. The van der Waals surface area contributed by atoms with E-state index in [0.717, 1.165) is 5.56 Å². The average molecular weight is 242 g/mol. The van der Waals surface area contributed by atoms with E-state index in [-0.39, 0.29) is 11.8 Å². The molecule has 0 radical (unpaired) electrons. The Labute approximate surface area is 100 Å². The Morgan fingerprint density at radius 2 is 2.38 bits per heavy atom. The Balaban J connectivity index is 2.65. The number of anilines is 1. The number of hydrogen-bond donors (Lipinski definition) is 2. The van der Waals surface area contributed by atoms with Gasteiger partial charge in [0.1, 0.15) is 0 Å². The lowest BCUT2D eigenvalue weighted by atomic mass is 10.1. The number of aryl methyl sites for hydroxylation is 1. The minimum Gasteiger partial charge on any atom is -0.330 e. The normalized spacial score (nSPS) is 12.2. The summed E-state index contributed by atoms with van der Waals surface area (Å²) < 4.78 is 0. The number of pyridine rings is 1. The van der Waals surface area contributed by atoms with Gasteiger partial charge in [-0.05, 0) is 31.0 Å². The highest BCUT2D eigenvalue weighted by Gasteiger charge is 2.10. The molecule has 0 aliphatic rings. The summed E-state index contributed by atoms with van der Waals surface area (Å²) in [6.45, 7) is 4.31. The van der Waals surface area contributed by atoms with Crippen LogP contribution in [0, 0.1) is 12.8 Å². The zero-order valence-corrected chi connectivity index (χ0v) is 10.2. The molecular weight excluding hydrogens is 226 g/mol. The molecule has 1 aromatic rings. The number of nitrogens with zero attached hydrogens (tertiary/aromatic N) is 1. The molecular formula is C11H16ClN3O. The van der Waals surface area contributed by atoms with Crippen LogP contribution >= 0.6 is 11.6 Å². The van der Waals surface area contributed by atoms with E-state index >= 15 is 0 Å². The van der Waals surface area contributed by atoms with E-state index in [0.29, 0.717) is 23.8 Å². The Bertz CT molecular complexity index is 381. The smallest absolute Gasteiger partial charge is 0.224 e. The number of carbonyl (C=O) groups is 1. The predicted octanol–water partition coefficient (Wildman–Crippen LogP) is 1.97. The Morgan fingerprint density at radius 1 is 1.69 bits per heavy atom. The van der Waals surface area contributed by atoms with Crippen molar-refractivity contribution in [1.82, 2.24) is 4.98 Å². The van der Waals surface area contributed by atoms with Gasteiger partial charge < -0.3 is 11.1 Å². The molecule has 0 bridgehead atoms. The molecule has 1 unspecified atom stereocenters. The number of aromatic nitrogens is 1. The van der Waals surface area contributed by atoms with Crippen LogP contribution < -0.4 is 11.1 Å². The first-order chi connectivity index (χ1) is 7.52. The molecule has 1 amide bonds. The molecule has 1 heterocycles. The standard InChI is InChI=1S/C11H16ClN3O/c1-7(5-13)4-10(16)15-9-3-8(2)6-14-11(9)12/h3,6-7H,4-5,13H2,1-2H3,(H,15,16). The van der Waals surface area contributed by atoms with Gasteiger partial charge in [-0.25, -0.2) is 4.98 Å². The lowest BCUT2D eigenvalue weighted by Gasteiger charge is -2.10. The van der Waals surface area contributed by atoms with Gasteiger partial charge in [0.05, 0.1) is 5.69 Å². The molecule has 0 spiro atoms. The molecule has 0 saturated heterocycles. The van der Waals surface area contributed by atoms with Gasteiger partial charge in [-0.2, -0.15) is 0 Å². The minimum atomic E-state index is -0.0905. The van der Waals surface area contributed by atoms with Crippen molar-refractivity contribution < 1.29 is 4.79 Å². The van der Waals surface area contributed by atoms with Crippen LogP contribution in [0.3, 0.4) is 0 Å². The van der Waals surface area contributed by atoms with Crippen molar-refractivity contribution in [3.05, 3.63) is 23.0 Å². The maximum atomic E-state index is 11.6. The monoisotopic (exact) mass is 241 g/mol. The first-order valence-electron chi connectivity index (χ1n) is 5.15. The number of rotatable bonds is 4. The van der Waals surface area contributed by atoms with E-state index < -0.39 is 0 Å². The van der Waals surface area contributed by atoms with Crippen molar-refractivity contribution in [1.29, 1.82) is 0 Å². The van der Waals surface area contributed by atoms with Gasteiger partial charge in [0.25, 0.3) is 0 Å². The molecule has 0 saturated carbocycles. The number of nitrogens with two attached hydrogens (primary N) is 1. The molecule has 1 atom stereocenters. The fraction of sp³-hybridized carbons (Fsp3) is 0.455. The van der Waals surface area contributed by atoms with E-state index in [2.05, 4.69) is 10.3 Å². The molecule has 0 fully saturated rings. The highest BCUT2D eigenvalue weighted by Crippen LogP contribution is 2.20. The number of amides is 1. The summed E-state index contributed by atoms with van der Waals surface area (Å²) in [6, 6.07) is 1.79. The van der Waals surface area contributed by atoms with Crippen molar-refractivity contribution in [3.63, 3.8) is 0 Å². The third-order valence-corrected chi connectivity index (χ3v) is 2.49. The third-order valence-electron chi connectivity index (χ3n) is 2.19. The summed E-state index contributed by atoms with van der Waals surface area (Å²) in [5, 5.41) is 3.03. The van der Waals surface area contributed by atoms with Crippen LogP contribution in [-0.2, 0) is 4.79 Å².